The van der Waals surface area contributed by atoms with Crippen molar-refractivity contribution >= 4 is 21.6 Å². The van der Waals surface area contributed by atoms with Crippen molar-refractivity contribution in [3.8, 4) is 5.75 Å². The van der Waals surface area contributed by atoms with Crippen molar-refractivity contribution in [2.24, 2.45) is 0 Å². The molecule has 0 unspecified atom stereocenters. The number of sulfonamides is 1. The monoisotopic (exact) mass is 366 g/mol. The van der Waals surface area contributed by atoms with Crippen molar-refractivity contribution in [2.45, 2.75) is 24.8 Å². The van der Waals surface area contributed by atoms with E-state index in [1.165, 1.54) is 0 Å². The topological polar surface area (TPSA) is 84.5 Å². The standard InChI is InChI=1S/C17H19FN2O4S/c1-12(2)24-15-7-5-14(6-8-15)20-17(21)11-19-25(22,23)16-9-3-13(18)4-10-16/h3-10,12,19H,11H2,1-2H3,(H,20,21). The SMILES string of the molecule is CC(C)Oc1ccc(NC(=O)CNS(=O)(=O)c2ccc(F)cc2)cc1. The van der Waals surface area contributed by atoms with Gasteiger partial charge in [0.25, 0.3) is 0 Å². The summed E-state index contributed by atoms with van der Waals surface area (Å²) in [6, 6.07) is 11.1. The number of hydrogen-bond donors (Lipinski definition) is 2. The van der Waals surface area contributed by atoms with Gasteiger partial charge in [0, 0.05) is 5.69 Å². The van der Waals surface area contributed by atoms with Gasteiger partial charge in [-0.1, -0.05) is 0 Å². The molecule has 0 saturated carbocycles. The van der Waals surface area contributed by atoms with Crippen LogP contribution in [0.15, 0.2) is 53.4 Å². The average molecular weight is 366 g/mol. The van der Waals surface area contributed by atoms with E-state index in [-0.39, 0.29) is 11.0 Å². The molecule has 0 aliphatic heterocycles. The highest BCUT2D eigenvalue weighted by Crippen LogP contribution is 2.17. The van der Waals surface area contributed by atoms with Gasteiger partial charge in [0.2, 0.25) is 15.9 Å². The molecule has 6 nitrogen and oxygen atoms in total. The summed E-state index contributed by atoms with van der Waals surface area (Å²) in [5.41, 5.74) is 0.516. The Morgan fingerprint density at radius 3 is 2.24 bits per heavy atom. The van der Waals surface area contributed by atoms with E-state index in [9.17, 15) is 17.6 Å². The Labute approximate surface area is 146 Å². The number of halogens is 1. The first-order chi connectivity index (χ1) is 11.8. The molecule has 2 rings (SSSR count). The highest BCUT2D eigenvalue weighted by Gasteiger charge is 2.15. The third-order valence-electron chi connectivity index (χ3n) is 3.06. The fraction of sp³-hybridized carbons (Fsp3) is 0.235. The predicted molar refractivity (Wildman–Crippen MR) is 92.4 cm³/mol. The van der Waals surface area contributed by atoms with Gasteiger partial charge in [-0.2, -0.15) is 0 Å². The average Bonchev–Trinajstić information content (AvgIpc) is 2.55. The summed E-state index contributed by atoms with van der Waals surface area (Å²) in [6.07, 6.45) is 0.0429. The van der Waals surface area contributed by atoms with Crippen LogP contribution in [0.4, 0.5) is 10.1 Å². The molecule has 0 radical (unpaired) electrons. The van der Waals surface area contributed by atoms with Crippen LogP contribution in [0.5, 0.6) is 5.75 Å². The summed E-state index contributed by atoms with van der Waals surface area (Å²) in [7, 11) is -3.88. The Morgan fingerprint density at radius 2 is 1.68 bits per heavy atom. The summed E-state index contributed by atoms with van der Waals surface area (Å²) in [4.78, 5) is 11.8. The van der Waals surface area contributed by atoms with E-state index < -0.39 is 28.3 Å². The number of carbonyl (C=O) groups excluding carboxylic acids is 1. The number of rotatable bonds is 7. The van der Waals surface area contributed by atoms with Gasteiger partial charge in [0.05, 0.1) is 17.5 Å². The molecule has 0 atom stereocenters. The molecule has 1 amide bonds. The van der Waals surface area contributed by atoms with Crippen molar-refractivity contribution in [3.05, 3.63) is 54.3 Å². The molecular formula is C17H19FN2O4S. The zero-order valence-corrected chi connectivity index (χ0v) is 14.6. The largest absolute Gasteiger partial charge is 0.491 e. The van der Waals surface area contributed by atoms with Crippen molar-refractivity contribution in [1.82, 2.24) is 4.72 Å². The molecule has 0 spiro atoms. The molecule has 25 heavy (non-hydrogen) atoms. The Bertz CT molecular complexity index is 819. The van der Waals surface area contributed by atoms with Gasteiger partial charge in [-0.25, -0.2) is 17.5 Å². The number of benzene rings is 2. The Hall–Kier alpha value is -2.45. The van der Waals surface area contributed by atoms with E-state index in [0.717, 1.165) is 24.3 Å². The lowest BCUT2D eigenvalue weighted by Gasteiger charge is -2.11. The number of carbonyl (C=O) groups is 1. The van der Waals surface area contributed by atoms with Crippen LogP contribution in [0, 0.1) is 5.82 Å². The van der Waals surface area contributed by atoms with Gasteiger partial charge < -0.3 is 10.1 Å². The molecule has 8 heteroatoms. The predicted octanol–water partition coefficient (Wildman–Crippen LogP) is 2.53. The van der Waals surface area contributed by atoms with Crippen LogP contribution in [0.3, 0.4) is 0 Å². The number of ether oxygens (including phenoxy) is 1. The van der Waals surface area contributed by atoms with E-state index in [1.54, 1.807) is 24.3 Å². The molecule has 134 valence electrons. The van der Waals surface area contributed by atoms with Crippen molar-refractivity contribution < 1.29 is 22.3 Å². The Balaban J connectivity index is 1.90. The molecule has 0 saturated heterocycles. The van der Waals surface area contributed by atoms with Crippen molar-refractivity contribution in [2.75, 3.05) is 11.9 Å². The van der Waals surface area contributed by atoms with Crippen LogP contribution >= 0.6 is 0 Å². The second-order valence-corrected chi connectivity index (χ2v) is 7.28. The molecule has 2 aromatic carbocycles. The fourth-order valence-electron chi connectivity index (χ4n) is 1.95. The molecule has 0 bridgehead atoms. The third-order valence-corrected chi connectivity index (χ3v) is 4.47. The Morgan fingerprint density at radius 1 is 1.08 bits per heavy atom. The van der Waals surface area contributed by atoms with Gasteiger partial charge >= 0.3 is 0 Å². The van der Waals surface area contributed by atoms with Crippen LogP contribution in [-0.2, 0) is 14.8 Å². The molecule has 2 N–H and O–H groups in total. The minimum atomic E-state index is -3.88. The molecule has 0 aromatic heterocycles. The molecule has 0 aliphatic carbocycles. The Kier molecular flexibility index (Phi) is 6.11. The zero-order chi connectivity index (χ0) is 18.4. The maximum atomic E-state index is 12.8. The summed E-state index contributed by atoms with van der Waals surface area (Å²) < 4.78 is 44.5. The highest BCUT2D eigenvalue weighted by molar-refractivity contribution is 7.89. The van der Waals surface area contributed by atoms with Crippen LogP contribution in [0.25, 0.3) is 0 Å². The van der Waals surface area contributed by atoms with Crippen molar-refractivity contribution in [3.63, 3.8) is 0 Å². The quantitative estimate of drug-likeness (QED) is 0.789. The third kappa shape index (κ3) is 5.84. The van der Waals surface area contributed by atoms with E-state index in [0.29, 0.717) is 11.4 Å². The number of nitrogens with one attached hydrogen (secondary N) is 2. The van der Waals surface area contributed by atoms with Crippen LogP contribution in [0.1, 0.15) is 13.8 Å². The molecule has 0 heterocycles. The number of hydrogen-bond acceptors (Lipinski definition) is 4. The number of anilines is 1. The lowest BCUT2D eigenvalue weighted by atomic mass is 10.3. The first-order valence-electron chi connectivity index (χ1n) is 7.58. The van der Waals surface area contributed by atoms with Gasteiger partial charge in [0.15, 0.2) is 0 Å². The van der Waals surface area contributed by atoms with Crippen molar-refractivity contribution in [1.29, 1.82) is 0 Å². The first-order valence-corrected chi connectivity index (χ1v) is 9.06. The second kappa shape index (κ2) is 8.09. The summed E-state index contributed by atoms with van der Waals surface area (Å²) in [5, 5.41) is 2.57. The molecule has 0 aliphatic rings. The maximum Gasteiger partial charge on any atom is 0.241 e. The maximum absolute atomic E-state index is 12.8. The second-order valence-electron chi connectivity index (χ2n) is 5.52. The van der Waals surface area contributed by atoms with E-state index in [2.05, 4.69) is 10.0 Å². The van der Waals surface area contributed by atoms with E-state index >= 15 is 0 Å². The lowest BCUT2D eigenvalue weighted by molar-refractivity contribution is -0.115. The van der Waals surface area contributed by atoms with Gasteiger partial charge in [-0.15, -0.1) is 0 Å². The summed E-state index contributed by atoms with van der Waals surface area (Å²) in [5.74, 6) is -0.394. The highest BCUT2D eigenvalue weighted by atomic mass is 32.2. The van der Waals surface area contributed by atoms with E-state index in [1.807, 2.05) is 13.8 Å². The lowest BCUT2D eigenvalue weighted by Crippen LogP contribution is -2.32. The van der Waals surface area contributed by atoms with Gasteiger partial charge in [-0.3, -0.25) is 4.79 Å². The summed E-state index contributed by atoms with van der Waals surface area (Å²) >= 11 is 0. The molecule has 0 fully saturated rings. The summed E-state index contributed by atoms with van der Waals surface area (Å²) in [6.45, 7) is 3.37. The fourth-order valence-corrected chi connectivity index (χ4v) is 2.93. The zero-order valence-electron chi connectivity index (χ0n) is 13.8. The van der Waals surface area contributed by atoms with E-state index in [4.69, 9.17) is 4.74 Å². The van der Waals surface area contributed by atoms with Crippen LogP contribution in [0.2, 0.25) is 0 Å². The smallest absolute Gasteiger partial charge is 0.241 e. The first kappa shape index (κ1) is 18.9. The minimum Gasteiger partial charge on any atom is -0.491 e. The molecular weight excluding hydrogens is 347 g/mol. The minimum absolute atomic E-state index is 0.0429. The molecule has 2 aromatic rings. The number of amides is 1. The van der Waals surface area contributed by atoms with Crippen LogP contribution < -0.4 is 14.8 Å². The van der Waals surface area contributed by atoms with Crippen LogP contribution in [-0.4, -0.2) is 27.0 Å². The normalized spacial score (nSPS) is 11.4. The van der Waals surface area contributed by atoms with Gasteiger partial charge in [0.1, 0.15) is 11.6 Å². The van der Waals surface area contributed by atoms with Gasteiger partial charge in [-0.05, 0) is 62.4 Å².